The number of rotatable bonds is 7. The Kier molecular flexibility index (Phi) is 10.3. The Hall–Kier alpha value is -1.02. The lowest BCUT2D eigenvalue weighted by Crippen LogP contribution is -2.51. The highest BCUT2D eigenvalue weighted by Crippen LogP contribution is 2.25. The summed E-state index contributed by atoms with van der Waals surface area (Å²) in [6.45, 7) is 7.67. The van der Waals surface area contributed by atoms with Crippen LogP contribution >= 0.6 is 24.0 Å². The molecule has 2 aliphatic rings. The van der Waals surface area contributed by atoms with E-state index in [9.17, 15) is 0 Å². The summed E-state index contributed by atoms with van der Waals surface area (Å²) < 4.78 is 5.38. The van der Waals surface area contributed by atoms with E-state index in [-0.39, 0.29) is 24.0 Å². The monoisotopic (exact) mass is 486 g/mol. The summed E-state index contributed by atoms with van der Waals surface area (Å²) in [6.07, 6.45) is 13.9. The molecule has 2 N–H and O–H groups in total. The minimum Gasteiger partial charge on any atom is -0.469 e. The number of hydrogen-bond donors (Lipinski definition) is 2. The predicted octanol–water partition coefficient (Wildman–Crippen LogP) is 3.96. The Labute approximate surface area is 181 Å². The van der Waals surface area contributed by atoms with Gasteiger partial charge in [0.1, 0.15) is 5.76 Å². The van der Waals surface area contributed by atoms with Gasteiger partial charge in [0.2, 0.25) is 0 Å². The van der Waals surface area contributed by atoms with Gasteiger partial charge in [0.25, 0.3) is 0 Å². The minimum atomic E-state index is 0. The van der Waals surface area contributed by atoms with Gasteiger partial charge < -0.3 is 20.0 Å². The fourth-order valence-corrected chi connectivity index (χ4v) is 4.10. The highest BCUT2D eigenvalue weighted by molar-refractivity contribution is 14.0. The van der Waals surface area contributed by atoms with Crippen LogP contribution in [-0.4, -0.2) is 49.1 Å². The Bertz CT molecular complexity index is 547. The zero-order valence-electron chi connectivity index (χ0n) is 16.4. The van der Waals surface area contributed by atoms with Crippen LogP contribution in [0.5, 0.6) is 0 Å². The number of nitrogens with one attached hydrogen (secondary N) is 2. The lowest BCUT2D eigenvalue weighted by molar-refractivity contribution is 0.119. The van der Waals surface area contributed by atoms with Gasteiger partial charge in [0.15, 0.2) is 5.96 Å². The van der Waals surface area contributed by atoms with Crippen molar-refractivity contribution in [1.82, 2.24) is 15.5 Å². The molecule has 2 heterocycles. The van der Waals surface area contributed by atoms with Crippen LogP contribution in [0.1, 0.15) is 50.7 Å². The Balaban J connectivity index is 0.00000261. The summed E-state index contributed by atoms with van der Waals surface area (Å²) in [5, 5.41) is 6.98. The van der Waals surface area contributed by atoms with Gasteiger partial charge in [-0.15, -0.1) is 30.6 Å². The minimum absolute atomic E-state index is 0. The van der Waals surface area contributed by atoms with E-state index in [1.54, 1.807) is 6.26 Å². The molecule has 27 heavy (non-hydrogen) atoms. The van der Waals surface area contributed by atoms with E-state index in [1.165, 1.54) is 58.0 Å². The van der Waals surface area contributed by atoms with E-state index < -0.39 is 0 Å². The molecule has 0 unspecified atom stereocenters. The number of piperidine rings is 1. The molecular weight excluding hydrogens is 451 g/mol. The van der Waals surface area contributed by atoms with Gasteiger partial charge in [-0.25, -0.2) is 0 Å². The molecule has 0 atom stereocenters. The molecule has 2 fully saturated rings. The van der Waals surface area contributed by atoms with Crippen molar-refractivity contribution in [1.29, 1.82) is 0 Å². The molecule has 1 saturated carbocycles. The van der Waals surface area contributed by atoms with Crippen molar-refractivity contribution in [3.63, 3.8) is 0 Å². The Morgan fingerprint density at radius 1 is 1.22 bits per heavy atom. The topological polar surface area (TPSA) is 52.8 Å². The summed E-state index contributed by atoms with van der Waals surface area (Å²) in [4.78, 5) is 7.44. The first-order valence-corrected chi connectivity index (χ1v) is 10.3. The smallest absolute Gasteiger partial charge is 0.191 e. The zero-order chi connectivity index (χ0) is 18.0. The summed E-state index contributed by atoms with van der Waals surface area (Å²) in [5.41, 5.74) is 0. The van der Waals surface area contributed by atoms with E-state index in [4.69, 9.17) is 9.41 Å². The number of halogens is 1. The first-order valence-electron chi connectivity index (χ1n) is 10.3. The molecule has 1 saturated heterocycles. The van der Waals surface area contributed by atoms with Crippen LogP contribution in [0.4, 0.5) is 0 Å². The zero-order valence-corrected chi connectivity index (χ0v) is 18.7. The van der Waals surface area contributed by atoms with Gasteiger partial charge in [-0.3, -0.25) is 4.99 Å². The van der Waals surface area contributed by atoms with Crippen molar-refractivity contribution >= 4 is 29.9 Å². The van der Waals surface area contributed by atoms with Crippen LogP contribution in [0, 0.1) is 0 Å². The molecule has 1 aliphatic heterocycles. The van der Waals surface area contributed by atoms with Gasteiger partial charge in [-0.2, -0.15) is 0 Å². The second kappa shape index (κ2) is 12.4. The van der Waals surface area contributed by atoms with Gasteiger partial charge >= 0.3 is 0 Å². The third-order valence-electron chi connectivity index (χ3n) is 5.58. The van der Waals surface area contributed by atoms with E-state index in [0.29, 0.717) is 6.04 Å². The number of likely N-dealkylation sites (tertiary alicyclic amines) is 1. The third kappa shape index (κ3) is 7.49. The fraction of sp³-hybridized carbons (Fsp3) is 0.667. The van der Waals surface area contributed by atoms with E-state index in [2.05, 4.69) is 22.1 Å². The maximum Gasteiger partial charge on any atom is 0.191 e. The van der Waals surface area contributed by atoms with Crippen LogP contribution in [0.25, 0.3) is 0 Å². The van der Waals surface area contributed by atoms with Crippen molar-refractivity contribution in [3.05, 3.63) is 36.8 Å². The number of aliphatic imine (C=N–C) groups is 1. The fourth-order valence-electron chi connectivity index (χ4n) is 4.10. The van der Waals surface area contributed by atoms with Crippen molar-refractivity contribution in [2.45, 2.75) is 63.5 Å². The quantitative estimate of drug-likeness (QED) is 0.265. The highest BCUT2D eigenvalue weighted by atomic mass is 127. The third-order valence-corrected chi connectivity index (χ3v) is 5.58. The van der Waals surface area contributed by atoms with Crippen LogP contribution < -0.4 is 10.6 Å². The second-order valence-electron chi connectivity index (χ2n) is 7.48. The molecule has 6 heteroatoms. The maximum atomic E-state index is 5.38. The molecule has 1 aromatic rings. The average molecular weight is 486 g/mol. The first-order chi connectivity index (χ1) is 12.8. The first kappa shape index (κ1) is 22.3. The average Bonchev–Trinajstić information content (AvgIpc) is 3.21. The largest absolute Gasteiger partial charge is 0.469 e. The highest BCUT2D eigenvalue weighted by Gasteiger charge is 2.26. The molecule has 5 nitrogen and oxygen atoms in total. The summed E-state index contributed by atoms with van der Waals surface area (Å²) in [5.74, 6) is 1.88. The standard InChI is InChI=1S/C21H34N4O.HI/c1-2-13-22-21(23-14-10-20-9-6-17-26-20)24-18-11-15-25(16-12-18)19-7-4-3-5-8-19;/h2,6,9,17-19H,1,3-5,7-8,10-16H2,(H2,22,23,24);1H. The number of nitrogens with zero attached hydrogens (tertiary/aromatic N) is 2. The molecule has 3 rings (SSSR count). The SMILES string of the molecule is C=CCNC(=NCCc1ccco1)NC1CCN(C2CCCCC2)CC1.I. The van der Waals surface area contributed by atoms with Gasteiger partial charge in [0, 0.05) is 44.7 Å². The van der Waals surface area contributed by atoms with E-state index in [1.807, 2.05) is 18.2 Å². The molecule has 0 aromatic carbocycles. The lowest BCUT2D eigenvalue weighted by atomic mass is 9.92. The van der Waals surface area contributed by atoms with Crippen LogP contribution in [-0.2, 0) is 6.42 Å². The number of furan rings is 1. The molecule has 0 radical (unpaired) electrons. The normalized spacial score (nSPS) is 20.1. The summed E-state index contributed by atoms with van der Waals surface area (Å²) in [6, 6.07) is 5.27. The maximum absolute atomic E-state index is 5.38. The molecule has 0 bridgehead atoms. The lowest BCUT2D eigenvalue weighted by Gasteiger charge is -2.39. The van der Waals surface area contributed by atoms with Crippen molar-refractivity contribution in [2.75, 3.05) is 26.2 Å². The molecule has 0 spiro atoms. The molecule has 152 valence electrons. The van der Waals surface area contributed by atoms with Gasteiger partial charge in [-0.1, -0.05) is 25.3 Å². The van der Waals surface area contributed by atoms with Crippen molar-refractivity contribution < 1.29 is 4.42 Å². The number of hydrogen-bond acceptors (Lipinski definition) is 3. The summed E-state index contributed by atoms with van der Waals surface area (Å²) >= 11 is 0. The molecular formula is C21H35IN4O. The number of guanidine groups is 1. The summed E-state index contributed by atoms with van der Waals surface area (Å²) in [7, 11) is 0. The van der Waals surface area contributed by atoms with E-state index >= 15 is 0 Å². The van der Waals surface area contributed by atoms with Crippen LogP contribution in [0.3, 0.4) is 0 Å². The van der Waals surface area contributed by atoms with Crippen molar-refractivity contribution in [2.24, 2.45) is 4.99 Å². The Morgan fingerprint density at radius 2 is 2.00 bits per heavy atom. The van der Waals surface area contributed by atoms with Crippen LogP contribution in [0.15, 0.2) is 40.5 Å². The molecule has 1 aromatic heterocycles. The second-order valence-corrected chi connectivity index (χ2v) is 7.48. The van der Waals surface area contributed by atoms with Gasteiger partial charge in [-0.05, 0) is 37.8 Å². The van der Waals surface area contributed by atoms with Crippen LogP contribution in [0.2, 0.25) is 0 Å². The molecule has 1 aliphatic carbocycles. The van der Waals surface area contributed by atoms with Gasteiger partial charge in [0.05, 0.1) is 6.26 Å². The Morgan fingerprint density at radius 3 is 2.67 bits per heavy atom. The predicted molar refractivity (Wildman–Crippen MR) is 123 cm³/mol. The van der Waals surface area contributed by atoms with Crippen molar-refractivity contribution in [3.8, 4) is 0 Å². The molecule has 0 amide bonds. The van der Waals surface area contributed by atoms with E-state index in [0.717, 1.165) is 37.3 Å².